The van der Waals surface area contributed by atoms with Crippen LogP contribution in [0.4, 0.5) is 0 Å². The SMILES string of the molecule is CCc1nc(Cl)ncc1C. The van der Waals surface area contributed by atoms with Gasteiger partial charge in [0.15, 0.2) is 0 Å². The first-order chi connectivity index (χ1) is 4.74. The zero-order valence-electron chi connectivity index (χ0n) is 6.06. The van der Waals surface area contributed by atoms with Gasteiger partial charge in [-0.3, -0.25) is 0 Å². The molecule has 0 atom stereocenters. The van der Waals surface area contributed by atoms with Crippen LogP contribution in [0.5, 0.6) is 0 Å². The minimum atomic E-state index is 0.336. The molecule has 1 aromatic heterocycles. The number of halogens is 1. The summed E-state index contributed by atoms with van der Waals surface area (Å²) in [4.78, 5) is 7.89. The van der Waals surface area contributed by atoms with E-state index in [4.69, 9.17) is 11.6 Å². The summed E-state index contributed by atoms with van der Waals surface area (Å²) in [6.07, 6.45) is 2.66. The third kappa shape index (κ3) is 1.45. The van der Waals surface area contributed by atoms with Gasteiger partial charge in [0.25, 0.3) is 0 Å². The molecule has 1 heterocycles. The molecular weight excluding hydrogens is 148 g/mol. The summed E-state index contributed by atoms with van der Waals surface area (Å²) in [7, 11) is 0. The molecule has 54 valence electrons. The molecule has 0 saturated carbocycles. The van der Waals surface area contributed by atoms with Crippen molar-refractivity contribution in [3.63, 3.8) is 0 Å². The van der Waals surface area contributed by atoms with Crippen LogP contribution in [0, 0.1) is 6.92 Å². The molecule has 1 aromatic rings. The van der Waals surface area contributed by atoms with Gasteiger partial charge in [-0.25, -0.2) is 9.97 Å². The summed E-state index contributed by atoms with van der Waals surface area (Å²) in [6.45, 7) is 4.03. The molecule has 0 aliphatic heterocycles. The smallest absolute Gasteiger partial charge is 0.222 e. The summed E-state index contributed by atoms with van der Waals surface area (Å²) >= 11 is 5.57. The van der Waals surface area contributed by atoms with Gasteiger partial charge in [0.2, 0.25) is 5.28 Å². The minimum Gasteiger partial charge on any atom is -0.226 e. The molecule has 0 N–H and O–H groups in total. The zero-order valence-corrected chi connectivity index (χ0v) is 6.81. The molecule has 0 aliphatic rings. The molecule has 10 heavy (non-hydrogen) atoms. The number of hydrogen-bond acceptors (Lipinski definition) is 2. The number of rotatable bonds is 1. The molecule has 0 amide bonds. The summed E-state index contributed by atoms with van der Waals surface area (Å²) in [5.41, 5.74) is 2.13. The summed E-state index contributed by atoms with van der Waals surface area (Å²) in [5, 5.41) is 0.336. The highest BCUT2D eigenvalue weighted by molar-refractivity contribution is 6.28. The first kappa shape index (κ1) is 7.48. The van der Waals surface area contributed by atoms with Gasteiger partial charge in [-0.1, -0.05) is 6.92 Å². The van der Waals surface area contributed by atoms with Crippen molar-refractivity contribution in [2.45, 2.75) is 20.3 Å². The van der Waals surface area contributed by atoms with Gasteiger partial charge in [0, 0.05) is 11.9 Å². The predicted octanol–water partition coefficient (Wildman–Crippen LogP) is 2.00. The van der Waals surface area contributed by atoms with Crippen molar-refractivity contribution in [2.24, 2.45) is 0 Å². The number of aryl methyl sites for hydroxylation is 2. The molecule has 0 radical (unpaired) electrons. The fourth-order valence-corrected chi connectivity index (χ4v) is 0.962. The second kappa shape index (κ2) is 2.97. The number of nitrogens with zero attached hydrogens (tertiary/aromatic N) is 2. The molecule has 0 spiro atoms. The summed E-state index contributed by atoms with van der Waals surface area (Å²) in [5.74, 6) is 0. The Bertz CT molecular complexity index is 235. The maximum atomic E-state index is 5.57. The van der Waals surface area contributed by atoms with Crippen molar-refractivity contribution in [3.8, 4) is 0 Å². The van der Waals surface area contributed by atoms with Crippen LogP contribution in [0.1, 0.15) is 18.2 Å². The van der Waals surface area contributed by atoms with E-state index >= 15 is 0 Å². The standard InChI is InChI=1S/C7H9ClN2/c1-3-6-5(2)4-9-7(8)10-6/h4H,3H2,1-2H3. The lowest BCUT2D eigenvalue weighted by Gasteiger charge is -1.98. The average molecular weight is 157 g/mol. The van der Waals surface area contributed by atoms with Crippen LogP contribution in [0.15, 0.2) is 6.20 Å². The molecule has 0 saturated heterocycles. The third-order valence-electron chi connectivity index (χ3n) is 1.38. The fourth-order valence-electron chi connectivity index (χ4n) is 0.811. The Morgan fingerprint density at radius 2 is 2.30 bits per heavy atom. The van der Waals surface area contributed by atoms with Crippen molar-refractivity contribution in [1.82, 2.24) is 9.97 Å². The topological polar surface area (TPSA) is 25.8 Å². The number of aromatic nitrogens is 2. The van der Waals surface area contributed by atoms with Gasteiger partial charge in [-0.15, -0.1) is 0 Å². The van der Waals surface area contributed by atoms with E-state index in [0.717, 1.165) is 17.7 Å². The molecule has 0 aromatic carbocycles. The quantitative estimate of drug-likeness (QED) is 0.582. The molecule has 2 nitrogen and oxygen atoms in total. The van der Waals surface area contributed by atoms with E-state index in [1.165, 1.54) is 0 Å². The van der Waals surface area contributed by atoms with Gasteiger partial charge in [-0.05, 0) is 30.5 Å². The van der Waals surface area contributed by atoms with Crippen LogP contribution in [-0.4, -0.2) is 9.97 Å². The summed E-state index contributed by atoms with van der Waals surface area (Å²) < 4.78 is 0. The molecule has 0 bridgehead atoms. The second-order valence-corrected chi connectivity index (χ2v) is 2.46. The molecular formula is C7H9ClN2. The van der Waals surface area contributed by atoms with Gasteiger partial charge in [-0.2, -0.15) is 0 Å². The van der Waals surface area contributed by atoms with E-state index in [1.54, 1.807) is 6.20 Å². The van der Waals surface area contributed by atoms with E-state index in [-0.39, 0.29) is 0 Å². The minimum absolute atomic E-state index is 0.336. The van der Waals surface area contributed by atoms with E-state index in [1.807, 2.05) is 13.8 Å². The molecule has 3 heteroatoms. The fraction of sp³-hybridized carbons (Fsp3) is 0.429. The third-order valence-corrected chi connectivity index (χ3v) is 1.56. The second-order valence-electron chi connectivity index (χ2n) is 2.12. The van der Waals surface area contributed by atoms with E-state index < -0.39 is 0 Å². The number of hydrogen-bond donors (Lipinski definition) is 0. The maximum Gasteiger partial charge on any atom is 0.222 e. The van der Waals surface area contributed by atoms with Crippen LogP contribution in [-0.2, 0) is 6.42 Å². The maximum absolute atomic E-state index is 5.57. The zero-order chi connectivity index (χ0) is 7.56. The lowest BCUT2D eigenvalue weighted by atomic mass is 10.2. The first-order valence-corrected chi connectivity index (χ1v) is 3.60. The van der Waals surface area contributed by atoms with Gasteiger partial charge < -0.3 is 0 Å². The summed E-state index contributed by atoms with van der Waals surface area (Å²) in [6, 6.07) is 0. The van der Waals surface area contributed by atoms with Crippen LogP contribution < -0.4 is 0 Å². The Hall–Kier alpha value is -0.630. The van der Waals surface area contributed by atoms with Crippen LogP contribution >= 0.6 is 11.6 Å². The highest BCUT2D eigenvalue weighted by Crippen LogP contribution is 2.06. The lowest BCUT2D eigenvalue weighted by Crippen LogP contribution is -1.93. The Morgan fingerprint density at radius 1 is 1.60 bits per heavy atom. The largest absolute Gasteiger partial charge is 0.226 e. The monoisotopic (exact) mass is 156 g/mol. The van der Waals surface area contributed by atoms with Gasteiger partial charge >= 0.3 is 0 Å². The highest BCUT2D eigenvalue weighted by atomic mass is 35.5. The normalized spacial score (nSPS) is 9.90. The van der Waals surface area contributed by atoms with Crippen molar-refractivity contribution < 1.29 is 0 Å². The van der Waals surface area contributed by atoms with Crippen LogP contribution in [0.25, 0.3) is 0 Å². The van der Waals surface area contributed by atoms with Crippen molar-refractivity contribution in [2.75, 3.05) is 0 Å². The first-order valence-electron chi connectivity index (χ1n) is 3.22. The Morgan fingerprint density at radius 3 is 2.80 bits per heavy atom. The van der Waals surface area contributed by atoms with E-state index in [9.17, 15) is 0 Å². The lowest BCUT2D eigenvalue weighted by molar-refractivity contribution is 0.970. The molecule has 1 rings (SSSR count). The molecule has 0 aliphatic carbocycles. The van der Waals surface area contributed by atoms with Crippen LogP contribution in [0.2, 0.25) is 5.28 Å². The van der Waals surface area contributed by atoms with Crippen LogP contribution in [0.3, 0.4) is 0 Å². The van der Waals surface area contributed by atoms with Crippen molar-refractivity contribution in [3.05, 3.63) is 22.7 Å². The Labute approximate surface area is 65.3 Å². The Balaban J connectivity index is 3.09. The predicted molar refractivity (Wildman–Crippen MR) is 41.2 cm³/mol. The Kier molecular flexibility index (Phi) is 2.22. The van der Waals surface area contributed by atoms with Gasteiger partial charge in [0.05, 0.1) is 0 Å². The highest BCUT2D eigenvalue weighted by Gasteiger charge is 1.97. The van der Waals surface area contributed by atoms with Gasteiger partial charge in [0.1, 0.15) is 0 Å². The molecule has 0 unspecified atom stereocenters. The molecule has 0 fully saturated rings. The van der Waals surface area contributed by atoms with E-state index in [0.29, 0.717) is 5.28 Å². The average Bonchev–Trinajstić information content (AvgIpc) is 1.94. The van der Waals surface area contributed by atoms with Crippen molar-refractivity contribution >= 4 is 11.6 Å². The van der Waals surface area contributed by atoms with E-state index in [2.05, 4.69) is 9.97 Å². The van der Waals surface area contributed by atoms with Crippen molar-refractivity contribution in [1.29, 1.82) is 0 Å².